The van der Waals surface area contributed by atoms with E-state index in [0.717, 1.165) is 30.4 Å². The Bertz CT molecular complexity index is 1010. The van der Waals surface area contributed by atoms with Gasteiger partial charge in [0.25, 0.3) is 0 Å². The van der Waals surface area contributed by atoms with Crippen LogP contribution < -0.4 is 9.47 Å². The molecule has 1 spiro atoms. The third-order valence-electron chi connectivity index (χ3n) is 8.69. The molecule has 1 aromatic carbocycles. The largest absolute Gasteiger partial charge is 0.493 e. The fraction of sp³-hybridized carbons (Fsp3) is 0.583. The minimum Gasteiger partial charge on any atom is -0.493 e. The molecule has 5 aliphatic rings. The number of amides is 1. The molecule has 30 heavy (non-hydrogen) atoms. The van der Waals surface area contributed by atoms with E-state index in [1.165, 1.54) is 6.08 Å². The minimum atomic E-state index is -0.866. The Morgan fingerprint density at radius 2 is 2.10 bits per heavy atom. The molecular weight excluding hydrogens is 385 g/mol. The second-order valence-corrected chi connectivity index (χ2v) is 9.55. The van der Waals surface area contributed by atoms with Gasteiger partial charge in [0, 0.05) is 24.1 Å². The summed E-state index contributed by atoms with van der Waals surface area (Å²) < 4.78 is 27.0. The van der Waals surface area contributed by atoms with Crippen molar-refractivity contribution in [1.82, 2.24) is 4.90 Å². The van der Waals surface area contributed by atoms with E-state index in [9.17, 15) is 9.59 Å². The normalized spacial score (nSPS) is 35.7. The quantitative estimate of drug-likeness (QED) is 0.764. The van der Waals surface area contributed by atoms with E-state index in [2.05, 4.69) is 0 Å². The first-order chi connectivity index (χ1) is 14.5. The number of carbonyl (C=O) groups is 2. The van der Waals surface area contributed by atoms with E-state index in [-0.39, 0.29) is 29.5 Å². The number of hydrogen-bond donors (Lipinski definition) is 0. The summed E-state index contributed by atoms with van der Waals surface area (Å²) in [7, 11) is 1.58. The van der Waals surface area contributed by atoms with Gasteiger partial charge >= 0.3 is 0 Å². The number of Topliss-reactive ketones (excluding diaryl/α,β-unsaturated/α-hetero) is 1. The average Bonchev–Trinajstić information content (AvgIpc) is 3.03. The molecule has 1 aromatic rings. The Balaban J connectivity index is 1.61. The number of piperidine rings is 1. The molecule has 3 aliphatic carbocycles. The maximum Gasteiger partial charge on any atom is 0.225 e. The maximum absolute atomic E-state index is 15.2. The highest BCUT2D eigenvalue weighted by atomic mass is 19.1. The van der Waals surface area contributed by atoms with Crippen molar-refractivity contribution in [2.75, 3.05) is 13.7 Å². The van der Waals surface area contributed by atoms with Gasteiger partial charge in [0.05, 0.1) is 17.9 Å². The molecule has 0 aromatic heterocycles. The number of halogens is 1. The van der Waals surface area contributed by atoms with Crippen molar-refractivity contribution in [2.24, 2.45) is 11.3 Å². The van der Waals surface area contributed by atoms with E-state index in [1.807, 2.05) is 17.0 Å². The summed E-state index contributed by atoms with van der Waals surface area (Å²) >= 11 is 0. The zero-order valence-electron chi connectivity index (χ0n) is 17.4. The Hall–Kier alpha value is -2.37. The van der Waals surface area contributed by atoms with Crippen molar-refractivity contribution in [3.63, 3.8) is 0 Å². The average molecular weight is 411 g/mol. The summed E-state index contributed by atoms with van der Waals surface area (Å²) in [6, 6.07) is 3.60. The molecule has 6 heteroatoms. The summed E-state index contributed by atoms with van der Waals surface area (Å²) in [4.78, 5) is 28.8. The van der Waals surface area contributed by atoms with Crippen molar-refractivity contribution < 1.29 is 23.5 Å². The van der Waals surface area contributed by atoms with Gasteiger partial charge in [0.2, 0.25) is 5.91 Å². The highest BCUT2D eigenvalue weighted by molar-refractivity contribution is 5.91. The van der Waals surface area contributed by atoms with E-state index in [1.54, 1.807) is 14.0 Å². The molecule has 158 valence electrons. The number of rotatable bonds is 3. The number of ether oxygens (including phenoxy) is 2. The van der Waals surface area contributed by atoms with Gasteiger partial charge < -0.3 is 14.4 Å². The highest BCUT2D eigenvalue weighted by Gasteiger charge is 2.74. The molecule has 2 fully saturated rings. The van der Waals surface area contributed by atoms with Gasteiger partial charge in [-0.1, -0.05) is 12.5 Å². The van der Waals surface area contributed by atoms with Crippen LogP contribution in [-0.2, 0) is 21.4 Å². The monoisotopic (exact) mass is 411 g/mol. The molecular formula is C24H26FNO4. The van der Waals surface area contributed by atoms with Crippen molar-refractivity contribution in [2.45, 2.75) is 63.0 Å². The van der Waals surface area contributed by atoms with E-state index in [0.29, 0.717) is 37.3 Å². The number of ketones is 1. The third-order valence-corrected chi connectivity index (χ3v) is 8.69. The molecule has 6 rings (SSSR count). The SMILES string of the molecule is COc1ccc2c3c1O[C@H]1C(F)=CC[C@@]4(C(C)=O)[C@@H](C2)N(C(=O)C2CCC2)CC[C@]314. The van der Waals surface area contributed by atoms with Crippen LogP contribution in [0.15, 0.2) is 24.0 Å². The molecule has 0 radical (unpaired) electrons. The predicted octanol–water partition coefficient (Wildman–Crippen LogP) is 3.48. The van der Waals surface area contributed by atoms with Crippen LogP contribution in [-0.4, -0.2) is 42.4 Å². The number of allylic oxidation sites excluding steroid dienone is 1. The number of likely N-dealkylation sites (tertiary alicyclic amines) is 1. The fourth-order valence-corrected chi connectivity index (χ4v) is 7.16. The summed E-state index contributed by atoms with van der Waals surface area (Å²) in [5.74, 6) is 1.11. The van der Waals surface area contributed by atoms with Gasteiger partial charge in [-0.2, -0.15) is 0 Å². The van der Waals surface area contributed by atoms with Crippen LogP contribution >= 0.6 is 0 Å². The molecule has 2 bridgehead atoms. The lowest BCUT2D eigenvalue weighted by Crippen LogP contribution is -2.74. The summed E-state index contributed by atoms with van der Waals surface area (Å²) in [5, 5.41) is 0. The first-order valence-corrected chi connectivity index (χ1v) is 11.0. The zero-order valence-corrected chi connectivity index (χ0v) is 17.4. The number of hydrogen-bond acceptors (Lipinski definition) is 4. The van der Waals surface area contributed by atoms with Crippen molar-refractivity contribution in [3.8, 4) is 11.5 Å². The fourth-order valence-electron chi connectivity index (χ4n) is 7.16. The zero-order chi connectivity index (χ0) is 20.8. The Morgan fingerprint density at radius 3 is 2.77 bits per heavy atom. The topological polar surface area (TPSA) is 55.8 Å². The number of methoxy groups -OCH3 is 1. The maximum atomic E-state index is 15.2. The van der Waals surface area contributed by atoms with Crippen molar-refractivity contribution >= 4 is 11.7 Å². The van der Waals surface area contributed by atoms with Crippen LogP contribution in [0.3, 0.4) is 0 Å². The van der Waals surface area contributed by atoms with Gasteiger partial charge in [0.15, 0.2) is 17.6 Å². The molecule has 0 unspecified atom stereocenters. The number of carbonyl (C=O) groups excluding carboxylic acids is 2. The van der Waals surface area contributed by atoms with Crippen molar-refractivity contribution in [1.29, 1.82) is 0 Å². The molecule has 1 saturated carbocycles. The van der Waals surface area contributed by atoms with Crippen LogP contribution in [0.2, 0.25) is 0 Å². The lowest BCUT2D eigenvalue weighted by atomic mass is 9.43. The molecule has 4 atom stereocenters. The van der Waals surface area contributed by atoms with Crippen LogP contribution in [0.25, 0.3) is 0 Å². The summed E-state index contributed by atoms with van der Waals surface area (Å²) in [5.41, 5.74) is 0.347. The highest BCUT2D eigenvalue weighted by Crippen LogP contribution is 2.69. The Morgan fingerprint density at radius 1 is 1.30 bits per heavy atom. The molecule has 1 saturated heterocycles. The summed E-state index contributed by atoms with van der Waals surface area (Å²) in [6.45, 7) is 2.15. The molecule has 1 amide bonds. The standard InChI is InChI=1S/C24H26FNO4/c1-13(27)23-9-8-16(25)21-24(23)10-11-26(22(28)14-4-3-5-14)18(23)12-15-6-7-17(29-2)20(30-21)19(15)24/h6-8,14,18,21H,3-5,9-12H2,1-2H3/t18-,21+,23-,24+/m1/s1. The van der Waals surface area contributed by atoms with Crippen molar-refractivity contribution in [3.05, 3.63) is 35.2 Å². The van der Waals surface area contributed by atoms with Crippen LogP contribution in [0.1, 0.15) is 50.2 Å². The number of nitrogens with zero attached hydrogens (tertiary/aromatic N) is 1. The van der Waals surface area contributed by atoms with Gasteiger partial charge in [-0.05, 0) is 56.7 Å². The van der Waals surface area contributed by atoms with E-state index in [4.69, 9.17) is 9.47 Å². The van der Waals surface area contributed by atoms with Crippen LogP contribution in [0, 0.1) is 11.3 Å². The second-order valence-electron chi connectivity index (χ2n) is 9.55. The second kappa shape index (κ2) is 5.86. The Kier molecular flexibility index (Phi) is 3.60. The van der Waals surface area contributed by atoms with Gasteiger partial charge in [-0.25, -0.2) is 4.39 Å². The third kappa shape index (κ3) is 1.85. The van der Waals surface area contributed by atoms with Crippen LogP contribution in [0.4, 0.5) is 4.39 Å². The number of benzene rings is 1. The first-order valence-electron chi connectivity index (χ1n) is 11.0. The lowest BCUT2D eigenvalue weighted by molar-refractivity contribution is -0.165. The first kappa shape index (κ1) is 18.4. The molecule has 2 aliphatic heterocycles. The van der Waals surface area contributed by atoms with Gasteiger partial charge in [0.1, 0.15) is 11.6 Å². The van der Waals surface area contributed by atoms with Gasteiger partial charge in [-0.15, -0.1) is 0 Å². The predicted molar refractivity (Wildman–Crippen MR) is 107 cm³/mol. The summed E-state index contributed by atoms with van der Waals surface area (Å²) in [6.07, 6.45) is 5.08. The molecule has 0 N–H and O–H groups in total. The van der Waals surface area contributed by atoms with Gasteiger partial charge in [-0.3, -0.25) is 9.59 Å². The van der Waals surface area contributed by atoms with E-state index >= 15 is 4.39 Å². The molecule has 2 heterocycles. The van der Waals surface area contributed by atoms with Crippen LogP contribution in [0.5, 0.6) is 11.5 Å². The lowest BCUT2D eigenvalue weighted by Gasteiger charge is -2.63. The Labute approximate surface area is 175 Å². The minimum absolute atomic E-state index is 0.0253. The molecule has 5 nitrogen and oxygen atoms in total. The smallest absolute Gasteiger partial charge is 0.225 e. The van der Waals surface area contributed by atoms with E-state index < -0.39 is 16.9 Å².